The molecule has 0 spiro atoms. The van der Waals surface area contributed by atoms with Gasteiger partial charge in [0.25, 0.3) is 0 Å². The number of piperidine rings is 1. The van der Waals surface area contributed by atoms with E-state index in [-0.39, 0.29) is 24.9 Å². The van der Waals surface area contributed by atoms with E-state index < -0.39 is 12.1 Å². The van der Waals surface area contributed by atoms with Crippen LogP contribution >= 0.6 is 23.2 Å². The molecule has 0 atom stereocenters. The van der Waals surface area contributed by atoms with Crippen LogP contribution in [-0.2, 0) is 9.59 Å². The number of aliphatic hydroxyl groups is 1. The number of carbonyl (C=O) groups excluding carboxylic acids is 1. The van der Waals surface area contributed by atoms with Crippen LogP contribution in [0.25, 0.3) is 11.0 Å². The van der Waals surface area contributed by atoms with Gasteiger partial charge in [0.1, 0.15) is 5.82 Å². The van der Waals surface area contributed by atoms with E-state index in [0.717, 1.165) is 33.9 Å². The molecule has 1 aromatic heterocycles. The molecule has 3 aromatic carbocycles. The average molecular weight is 663 g/mol. The number of carbonyl (C=O) groups is 2. The van der Waals surface area contributed by atoms with Gasteiger partial charge in [0, 0.05) is 47.4 Å². The molecule has 0 radical (unpaired) electrons. The highest BCUT2D eigenvalue weighted by Gasteiger charge is 2.38. The smallest absolute Gasteiger partial charge is 0.475 e. The summed E-state index contributed by atoms with van der Waals surface area (Å²) in [6.45, 7) is 1.33. The number of hydrogen-bond donors (Lipinski definition) is 2. The first-order valence-corrected chi connectivity index (χ1v) is 15.4. The molecule has 0 unspecified atom stereocenters. The molecule has 6 rings (SSSR count). The van der Waals surface area contributed by atoms with Crippen LogP contribution in [0.1, 0.15) is 72.5 Å². The van der Waals surface area contributed by atoms with Gasteiger partial charge in [-0.1, -0.05) is 53.5 Å². The van der Waals surface area contributed by atoms with Crippen molar-refractivity contribution in [3.63, 3.8) is 0 Å². The van der Waals surface area contributed by atoms with E-state index in [9.17, 15) is 23.1 Å². The van der Waals surface area contributed by atoms with Gasteiger partial charge in [0.05, 0.1) is 17.6 Å². The van der Waals surface area contributed by atoms with Crippen LogP contribution in [0.3, 0.4) is 0 Å². The fraction of sp³-hybridized carbons (Fsp3) is 0.364. The zero-order valence-corrected chi connectivity index (χ0v) is 25.7. The number of aliphatic hydroxyl groups excluding tert-OH is 1. The normalized spacial score (nSPS) is 15.7. The Morgan fingerprint density at radius 3 is 1.84 bits per heavy atom. The molecule has 1 saturated heterocycles. The first-order chi connectivity index (χ1) is 21.5. The summed E-state index contributed by atoms with van der Waals surface area (Å²) < 4.78 is 34.2. The molecule has 2 heterocycles. The molecule has 12 heteroatoms. The van der Waals surface area contributed by atoms with E-state index >= 15 is 0 Å². The third-order valence-electron chi connectivity index (χ3n) is 8.17. The molecule has 238 valence electrons. The molecule has 45 heavy (non-hydrogen) atoms. The molecule has 4 aromatic rings. The monoisotopic (exact) mass is 661 g/mol. The van der Waals surface area contributed by atoms with Gasteiger partial charge in [-0.25, -0.2) is 9.78 Å². The number of halogens is 5. The Kier molecular flexibility index (Phi) is 10.1. The Morgan fingerprint density at radius 2 is 1.38 bits per heavy atom. The number of carboxylic acid groups (broad SMARTS) is 1. The number of imidazole rings is 1. The Labute approximate surface area is 268 Å². The molecule has 0 bridgehead atoms. The van der Waals surface area contributed by atoms with Gasteiger partial charge in [0.2, 0.25) is 5.91 Å². The van der Waals surface area contributed by atoms with Crippen LogP contribution in [0, 0.1) is 0 Å². The molecular formula is C33H32Cl2F3N3O4. The average Bonchev–Trinajstić information content (AvgIpc) is 3.79. The maximum atomic E-state index is 12.4. The molecule has 1 aliphatic heterocycles. The number of alkyl halides is 3. The lowest BCUT2D eigenvalue weighted by molar-refractivity contribution is -0.192. The van der Waals surface area contributed by atoms with Crippen molar-refractivity contribution in [1.29, 1.82) is 0 Å². The molecule has 2 N–H and O–H groups in total. The van der Waals surface area contributed by atoms with Crippen LogP contribution in [0.4, 0.5) is 13.2 Å². The number of aromatic nitrogens is 2. The molecule has 1 saturated carbocycles. The quantitative estimate of drug-likeness (QED) is 0.199. The van der Waals surface area contributed by atoms with Crippen LogP contribution in [0.2, 0.25) is 10.0 Å². The lowest BCUT2D eigenvalue weighted by atomic mass is 9.85. The molecule has 2 fully saturated rings. The first kappa shape index (κ1) is 32.8. The van der Waals surface area contributed by atoms with Crippen LogP contribution in [0.5, 0.6) is 0 Å². The number of amides is 1. The number of rotatable bonds is 7. The zero-order chi connectivity index (χ0) is 32.3. The second kappa shape index (κ2) is 13.8. The zero-order valence-electron chi connectivity index (χ0n) is 24.2. The summed E-state index contributed by atoms with van der Waals surface area (Å²) >= 11 is 12.5. The first-order valence-electron chi connectivity index (χ1n) is 14.7. The van der Waals surface area contributed by atoms with Gasteiger partial charge in [-0.05, 0) is 78.8 Å². The maximum absolute atomic E-state index is 12.4. The molecule has 2 aliphatic rings. The number of fused-ring (bicyclic) bond motifs is 1. The van der Waals surface area contributed by atoms with Crippen molar-refractivity contribution in [3.8, 4) is 0 Å². The van der Waals surface area contributed by atoms with Gasteiger partial charge in [-0.2, -0.15) is 13.2 Å². The summed E-state index contributed by atoms with van der Waals surface area (Å²) in [5.41, 5.74) is 5.72. The van der Waals surface area contributed by atoms with Crippen molar-refractivity contribution in [1.82, 2.24) is 14.5 Å². The van der Waals surface area contributed by atoms with Crippen molar-refractivity contribution in [2.75, 3.05) is 19.7 Å². The van der Waals surface area contributed by atoms with Crippen LogP contribution < -0.4 is 0 Å². The minimum absolute atomic E-state index is 0.0274. The molecule has 1 aliphatic carbocycles. The number of hydrogen-bond acceptors (Lipinski definition) is 4. The molecule has 1 amide bonds. The second-order valence-corrected chi connectivity index (χ2v) is 12.2. The van der Waals surface area contributed by atoms with E-state index in [0.29, 0.717) is 25.0 Å². The van der Waals surface area contributed by atoms with Crippen LogP contribution in [-0.4, -0.2) is 62.4 Å². The number of benzene rings is 3. The van der Waals surface area contributed by atoms with E-state index in [1.807, 2.05) is 29.2 Å². The molecular weight excluding hydrogens is 630 g/mol. The third kappa shape index (κ3) is 7.80. The summed E-state index contributed by atoms with van der Waals surface area (Å²) in [4.78, 5) is 28.3. The van der Waals surface area contributed by atoms with Gasteiger partial charge in [-0.15, -0.1) is 0 Å². The Bertz CT molecular complexity index is 1600. The second-order valence-electron chi connectivity index (χ2n) is 11.3. The summed E-state index contributed by atoms with van der Waals surface area (Å²) in [6, 6.07) is 23.1. The number of carboxylic acids is 1. The standard InChI is InChI=1S/C31H31Cl2N3O2.C2HF3O2/c32-24-8-3-20(4-9-24)30(21-5-10-25(33)11-6-21)23-7-12-27-28(19-23)36(31(34-27)22-1-2-22)26-13-16-35(17-14-26)29(38)15-18-37;3-2(4,5)1(6)7/h3-12,19,22,26,30,37H,1-2,13-18H2;(H,6,7). The van der Waals surface area contributed by atoms with Crippen molar-refractivity contribution in [2.45, 2.75) is 56.2 Å². The summed E-state index contributed by atoms with van der Waals surface area (Å²) in [7, 11) is 0. The highest BCUT2D eigenvalue weighted by molar-refractivity contribution is 6.30. The Morgan fingerprint density at radius 1 is 0.867 bits per heavy atom. The topological polar surface area (TPSA) is 95.7 Å². The predicted molar refractivity (Wildman–Crippen MR) is 166 cm³/mol. The van der Waals surface area contributed by atoms with E-state index in [1.165, 1.54) is 35.4 Å². The number of aliphatic carboxylic acids is 1. The third-order valence-corrected chi connectivity index (χ3v) is 8.68. The lowest BCUT2D eigenvalue weighted by Gasteiger charge is -2.33. The molecule has 7 nitrogen and oxygen atoms in total. The SMILES string of the molecule is O=C(CCO)N1CCC(n2c(C3CC3)nc3ccc(C(c4ccc(Cl)cc4)c4ccc(Cl)cc4)cc32)CC1.O=C(O)C(F)(F)F. The van der Waals surface area contributed by atoms with E-state index in [2.05, 4.69) is 47.0 Å². The Hall–Kier alpha value is -3.60. The van der Waals surface area contributed by atoms with Crippen molar-refractivity contribution in [2.24, 2.45) is 0 Å². The van der Waals surface area contributed by atoms with E-state index in [4.69, 9.17) is 38.1 Å². The lowest BCUT2D eigenvalue weighted by Crippen LogP contribution is -2.39. The van der Waals surface area contributed by atoms with Gasteiger partial charge in [0.15, 0.2) is 0 Å². The largest absolute Gasteiger partial charge is 0.490 e. The van der Waals surface area contributed by atoms with Crippen molar-refractivity contribution >= 4 is 46.1 Å². The number of nitrogens with zero attached hydrogens (tertiary/aromatic N) is 3. The van der Waals surface area contributed by atoms with Gasteiger partial charge < -0.3 is 19.7 Å². The minimum Gasteiger partial charge on any atom is -0.475 e. The predicted octanol–water partition coefficient (Wildman–Crippen LogP) is 7.58. The van der Waals surface area contributed by atoms with Gasteiger partial charge in [-0.3, -0.25) is 4.79 Å². The highest BCUT2D eigenvalue weighted by Crippen LogP contribution is 2.44. The van der Waals surface area contributed by atoms with Gasteiger partial charge >= 0.3 is 12.1 Å². The summed E-state index contributed by atoms with van der Waals surface area (Å²) in [6.07, 6.45) is -0.731. The maximum Gasteiger partial charge on any atom is 0.490 e. The van der Waals surface area contributed by atoms with Crippen molar-refractivity contribution < 1.29 is 33.0 Å². The van der Waals surface area contributed by atoms with Crippen LogP contribution in [0.15, 0.2) is 66.7 Å². The highest BCUT2D eigenvalue weighted by atomic mass is 35.5. The number of likely N-dealkylation sites (tertiary alicyclic amines) is 1. The minimum atomic E-state index is -5.08. The fourth-order valence-electron chi connectivity index (χ4n) is 5.84. The van der Waals surface area contributed by atoms with E-state index in [1.54, 1.807) is 0 Å². The summed E-state index contributed by atoms with van der Waals surface area (Å²) in [5.74, 6) is -0.984. The van der Waals surface area contributed by atoms with Crippen molar-refractivity contribution in [3.05, 3.63) is 99.3 Å². The fourth-order valence-corrected chi connectivity index (χ4v) is 6.09. The Balaban J connectivity index is 0.000000515. The summed E-state index contributed by atoms with van der Waals surface area (Å²) in [5, 5.41) is 17.7.